The highest BCUT2D eigenvalue weighted by molar-refractivity contribution is 7.90. The second-order valence-corrected chi connectivity index (χ2v) is 6.29. The summed E-state index contributed by atoms with van der Waals surface area (Å²) < 4.78 is 21.9. The fourth-order valence-corrected chi connectivity index (χ4v) is 2.33. The maximum atomic E-state index is 11.0. The van der Waals surface area contributed by atoms with Gasteiger partial charge < -0.3 is 10.2 Å². The van der Waals surface area contributed by atoms with Crippen molar-refractivity contribution in [3.05, 3.63) is 0 Å². The number of nitrogens with one attached hydrogen (secondary N) is 1. The molecule has 5 heteroatoms. The highest BCUT2D eigenvalue weighted by Gasteiger charge is 2.18. The maximum Gasteiger partial charge on any atom is 0.148 e. The number of rotatable bonds is 4. The smallest absolute Gasteiger partial charge is 0.148 e. The molecule has 0 spiro atoms. The molecule has 0 aromatic heterocycles. The first-order valence-electron chi connectivity index (χ1n) is 5.08. The fraction of sp³-hybridized carbons (Fsp3) is 1.00. The van der Waals surface area contributed by atoms with Crippen LogP contribution < -0.4 is 5.32 Å². The van der Waals surface area contributed by atoms with E-state index in [0.29, 0.717) is 12.6 Å². The van der Waals surface area contributed by atoms with Gasteiger partial charge in [0.05, 0.1) is 5.75 Å². The Bertz CT molecular complexity index is 261. The molecule has 0 bridgehead atoms. The monoisotopic (exact) mass is 222 g/mol. The molecule has 0 aromatic carbocycles. The quantitative estimate of drug-likeness (QED) is 0.725. The Morgan fingerprint density at radius 1 is 1.43 bits per heavy atom. The predicted octanol–water partition coefficient (Wildman–Crippen LogP) is -0.0392. The van der Waals surface area contributed by atoms with E-state index in [1.165, 1.54) is 6.26 Å². The highest BCUT2D eigenvalue weighted by Crippen LogP contribution is 2.09. The van der Waals surface area contributed by atoms with Crippen LogP contribution in [0.3, 0.4) is 0 Å². The van der Waals surface area contributed by atoms with Gasteiger partial charge in [0.25, 0.3) is 0 Å². The zero-order valence-electron chi connectivity index (χ0n) is 8.99. The van der Waals surface area contributed by atoms with Crippen molar-refractivity contribution >= 4 is 9.84 Å². The Morgan fingerprint density at radius 2 is 2.00 bits per heavy atom. The first-order chi connectivity index (χ1) is 6.51. The van der Waals surface area contributed by atoms with E-state index < -0.39 is 9.84 Å². The number of likely N-dealkylation sites (tertiary alicyclic amines) is 1. The van der Waals surface area contributed by atoms with E-state index in [1.54, 1.807) is 0 Å². The van der Waals surface area contributed by atoms with Gasteiger partial charge in [0.15, 0.2) is 0 Å². The minimum atomic E-state index is -2.80. The average molecular weight is 222 g/mol. The van der Waals surface area contributed by atoms with Crippen LogP contribution in [-0.4, -0.2) is 58.1 Å². The zero-order valence-corrected chi connectivity index (χ0v) is 9.81. The standard InChI is InChI=1S/C9H20N2O2S.H2/c1-10-9-3-5-11(6-4-9)7-8-14(2,12)13;/h9-10H,3-8H2,1-2H3;1H. The predicted molar refractivity (Wildman–Crippen MR) is 60.3 cm³/mol. The molecule has 0 atom stereocenters. The SMILES string of the molecule is CNC1CCN(CCS(C)(=O)=O)CC1.[HH]. The number of hydrogen-bond donors (Lipinski definition) is 1. The second kappa shape index (κ2) is 5.09. The summed E-state index contributed by atoms with van der Waals surface area (Å²) in [5.41, 5.74) is 0. The minimum Gasteiger partial charge on any atom is -0.317 e. The molecule has 4 nitrogen and oxygen atoms in total. The molecule has 86 valence electrons. The third-order valence-corrected chi connectivity index (χ3v) is 3.70. The number of piperidine rings is 1. The maximum absolute atomic E-state index is 11.0. The molecule has 0 unspecified atom stereocenters. The Balaban J connectivity index is 0.00000196. The molecular weight excluding hydrogens is 200 g/mol. The summed E-state index contributed by atoms with van der Waals surface area (Å²) in [5, 5.41) is 3.25. The van der Waals surface area contributed by atoms with E-state index in [1.807, 2.05) is 7.05 Å². The van der Waals surface area contributed by atoms with E-state index in [0.717, 1.165) is 25.9 Å². The van der Waals surface area contributed by atoms with Crippen LogP contribution >= 0.6 is 0 Å². The summed E-state index contributed by atoms with van der Waals surface area (Å²) >= 11 is 0. The van der Waals surface area contributed by atoms with Crippen molar-refractivity contribution in [2.24, 2.45) is 0 Å². The molecule has 1 heterocycles. The molecule has 14 heavy (non-hydrogen) atoms. The summed E-state index contributed by atoms with van der Waals surface area (Å²) in [4.78, 5) is 2.23. The largest absolute Gasteiger partial charge is 0.317 e. The van der Waals surface area contributed by atoms with Crippen LogP contribution in [0.5, 0.6) is 0 Å². The lowest BCUT2D eigenvalue weighted by molar-refractivity contribution is 0.212. The lowest BCUT2D eigenvalue weighted by Crippen LogP contribution is -2.42. The van der Waals surface area contributed by atoms with Gasteiger partial charge >= 0.3 is 0 Å². The van der Waals surface area contributed by atoms with Gasteiger partial charge in [-0.05, 0) is 33.0 Å². The van der Waals surface area contributed by atoms with Crippen molar-refractivity contribution in [3.8, 4) is 0 Å². The summed E-state index contributed by atoms with van der Waals surface area (Å²) in [6.07, 6.45) is 3.55. The van der Waals surface area contributed by atoms with Crippen molar-refractivity contribution in [2.75, 3.05) is 38.7 Å². The Labute approximate surface area is 88.1 Å². The molecule has 1 aliphatic rings. The van der Waals surface area contributed by atoms with Crippen LogP contribution in [0.2, 0.25) is 0 Å². The molecule has 1 aliphatic heterocycles. The van der Waals surface area contributed by atoms with E-state index in [-0.39, 0.29) is 7.18 Å². The second-order valence-electron chi connectivity index (χ2n) is 4.03. The topological polar surface area (TPSA) is 49.4 Å². The number of nitrogens with zero attached hydrogens (tertiary/aromatic N) is 1. The average Bonchev–Trinajstić information content (AvgIpc) is 2.14. The molecule has 0 radical (unpaired) electrons. The summed E-state index contributed by atoms with van der Waals surface area (Å²) in [6, 6.07) is 0.615. The Kier molecular flexibility index (Phi) is 4.34. The van der Waals surface area contributed by atoms with Crippen LogP contribution in [0, 0.1) is 0 Å². The first kappa shape index (κ1) is 11.9. The molecule has 0 aliphatic carbocycles. The van der Waals surface area contributed by atoms with Crippen LogP contribution in [0.25, 0.3) is 0 Å². The van der Waals surface area contributed by atoms with Crippen molar-refractivity contribution < 1.29 is 9.84 Å². The van der Waals surface area contributed by atoms with Crippen LogP contribution in [0.15, 0.2) is 0 Å². The number of hydrogen-bond acceptors (Lipinski definition) is 4. The summed E-state index contributed by atoms with van der Waals surface area (Å²) in [6.45, 7) is 2.72. The molecule has 0 amide bonds. The summed E-state index contributed by atoms with van der Waals surface area (Å²) in [7, 11) is -0.817. The number of sulfone groups is 1. The molecule has 0 aromatic rings. The van der Waals surface area contributed by atoms with E-state index in [9.17, 15) is 8.42 Å². The van der Waals surface area contributed by atoms with Crippen LogP contribution in [-0.2, 0) is 9.84 Å². The Morgan fingerprint density at radius 3 is 2.43 bits per heavy atom. The van der Waals surface area contributed by atoms with Crippen molar-refractivity contribution in [1.82, 2.24) is 10.2 Å². The van der Waals surface area contributed by atoms with Crippen LogP contribution in [0.1, 0.15) is 14.3 Å². The molecule has 1 saturated heterocycles. The van der Waals surface area contributed by atoms with E-state index in [2.05, 4.69) is 10.2 Å². The van der Waals surface area contributed by atoms with Crippen LogP contribution in [0.4, 0.5) is 0 Å². The molecule has 0 saturated carbocycles. The van der Waals surface area contributed by atoms with Gasteiger partial charge in [-0.1, -0.05) is 0 Å². The fourth-order valence-electron chi connectivity index (χ4n) is 1.74. The van der Waals surface area contributed by atoms with Gasteiger partial charge in [0.1, 0.15) is 9.84 Å². The summed E-state index contributed by atoms with van der Waals surface area (Å²) in [5.74, 6) is 0.289. The lowest BCUT2D eigenvalue weighted by atomic mass is 10.1. The third-order valence-electron chi connectivity index (χ3n) is 2.77. The first-order valence-corrected chi connectivity index (χ1v) is 7.14. The zero-order chi connectivity index (χ0) is 10.6. The normalized spacial score (nSPS) is 21.3. The van der Waals surface area contributed by atoms with Gasteiger partial charge in [-0.15, -0.1) is 0 Å². The van der Waals surface area contributed by atoms with Crippen molar-refractivity contribution in [3.63, 3.8) is 0 Å². The lowest BCUT2D eigenvalue weighted by Gasteiger charge is -2.31. The van der Waals surface area contributed by atoms with Crippen molar-refractivity contribution in [2.45, 2.75) is 18.9 Å². The third kappa shape index (κ3) is 4.39. The van der Waals surface area contributed by atoms with Gasteiger partial charge in [-0.25, -0.2) is 8.42 Å². The molecule has 1 N–H and O–H groups in total. The van der Waals surface area contributed by atoms with E-state index >= 15 is 0 Å². The minimum absolute atomic E-state index is 0. The molecular formula is C9H22N2O2S. The molecule has 1 rings (SSSR count). The van der Waals surface area contributed by atoms with Gasteiger partial charge in [-0.3, -0.25) is 0 Å². The molecule has 1 fully saturated rings. The van der Waals surface area contributed by atoms with Gasteiger partial charge in [-0.2, -0.15) is 0 Å². The Hall–Kier alpha value is -0.130. The van der Waals surface area contributed by atoms with Crippen molar-refractivity contribution in [1.29, 1.82) is 0 Å². The van der Waals surface area contributed by atoms with Gasteiger partial charge in [0, 0.05) is 20.3 Å². The highest BCUT2D eigenvalue weighted by atomic mass is 32.2. The van der Waals surface area contributed by atoms with Gasteiger partial charge in [0.2, 0.25) is 0 Å². The van der Waals surface area contributed by atoms with E-state index in [4.69, 9.17) is 0 Å².